The number of aromatic nitrogens is 1. The van der Waals surface area contributed by atoms with Gasteiger partial charge in [-0.05, 0) is 12.5 Å². The van der Waals surface area contributed by atoms with Crippen molar-refractivity contribution in [2.24, 2.45) is 5.84 Å². The highest BCUT2D eigenvalue weighted by atomic mass is 16.6. The van der Waals surface area contributed by atoms with E-state index in [9.17, 15) is 14.9 Å². The third-order valence-electron chi connectivity index (χ3n) is 3.99. The summed E-state index contributed by atoms with van der Waals surface area (Å²) in [6.07, 6.45) is 1.34. The first kappa shape index (κ1) is 13.6. The minimum absolute atomic E-state index is 0.0493. The number of hydrazine groups is 1. The largest absolute Gasteiger partial charge is 0.347 e. The summed E-state index contributed by atoms with van der Waals surface area (Å²) in [5.74, 6) is 6.17. The molecule has 3 N–H and O–H groups in total. The zero-order chi connectivity index (χ0) is 15.0. The van der Waals surface area contributed by atoms with Gasteiger partial charge in [0.2, 0.25) is 11.7 Å². The van der Waals surface area contributed by atoms with Crippen molar-refractivity contribution in [3.8, 4) is 0 Å². The fourth-order valence-corrected chi connectivity index (χ4v) is 2.95. The second-order valence-electron chi connectivity index (χ2n) is 5.17. The number of rotatable bonds is 3. The normalized spacial score (nSPS) is 21.4. The van der Waals surface area contributed by atoms with Gasteiger partial charge in [-0.1, -0.05) is 0 Å². The molecule has 0 spiro atoms. The maximum absolute atomic E-state index is 11.7. The Morgan fingerprint density at radius 3 is 2.95 bits per heavy atom. The first-order valence-electron chi connectivity index (χ1n) is 6.76. The molecule has 112 valence electrons. The van der Waals surface area contributed by atoms with E-state index in [1.165, 1.54) is 12.1 Å². The molecule has 1 atom stereocenters. The van der Waals surface area contributed by atoms with Crippen LogP contribution in [0.2, 0.25) is 0 Å². The summed E-state index contributed by atoms with van der Waals surface area (Å²) in [4.78, 5) is 30.3. The van der Waals surface area contributed by atoms with Crippen molar-refractivity contribution in [3.05, 3.63) is 22.2 Å². The molecule has 0 aromatic carbocycles. The smallest absolute Gasteiger partial charge is 0.311 e. The lowest BCUT2D eigenvalue weighted by Gasteiger charge is -2.37. The number of hydrogen-bond acceptors (Lipinski definition) is 7. The lowest BCUT2D eigenvalue weighted by molar-refractivity contribution is -0.384. The van der Waals surface area contributed by atoms with E-state index in [0.29, 0.717) is 37.7 Å². The second-order valence-corrected chi connectivity index (χ2v) is 5.17. The molecule has 1 amide bonds. The fourth-order valence-electron chi connectivity index (χ4n) is 2.95. The fraction of sp³-hybridized carbons (Fsp3) is 0.500. The molecule has 9 heteroatoms. The second kappa shape index (κ2) is 5.17. The van der Waals surface area contributed by atoms with Gasteiger partial charge >= 0.3 is 5.69 Å². The molecule has 0 saturated carbocycles. The number of fused-ring (bicyclic) bond motifs is 1. The molecule has 1 aromatic heterocycles. The third kappa shape index (κ3) is 2.35. The summed E-state index contributed by atoms with van der Waals surface area (Å²) >= 11 is 0. The number of pyridine rings is 1. The molecule has 1 unspecified atom stereocenters. The molecule has 2 fully saturated rings. The average molecular weight is 292 g/mol. The number of nitrogen functional groups attached to an aromatic ring is 1. The number of nitrogens with zero attached hydrogens (tertiary/aromatic N) is 4. The molecule has 0 aliphatic carbocycles. The van der Waals surface area contributed by atoms with E-state index in [0.717, 1.165) is 6.42 Å². The quantitative estimate of drug-likeness (QED) is 0.460. The molecule has 0 radical (unpaired) electrons. The van der Waals surface area contributed by atoms with Crippen molar-refractivity contribution < 1.29 is 9.72 Å². The summed E-state index contributed by atoms with van der Waals surface area (Å²) in [6, 6.07) is 2.97. The average Bonchev–Trinajstić information content (AvgIpc) is 2.87. The minimum atomic E-state index is -0.450. The summed E-state index contributed by atoms with van der Waals surface area (Å²) < 4.78 is 0. The van der Waals surface area contributed by atoms with Crippen molar-refractivity contribution in [1.29, 1.82) is 0 Å². The predicted molar refractivity (Wildman–Crippen MR) is 75.6 cm³/mol. The number of nitrogens with one attached hydrogen (secondary N) is 1. The molecule has 3 rings (SSSR count). The van der Waals surface area contributed by atoms with Crippen LogP contribution in [-0.4, -0.2) is 46.4 Å². The number of carbonyl (C=O) groups excluding carboxylic acids is 1. The molecule has 3 heterocycles. The van der Waals surface area contributed by atoms with Crippen LogP contribution >= 0.6 is 0 Å². The van der Waals surface area contributed by atoms with E-state index >= 15 is 0 Å². The highest BCUT2D eigenvalue weighted by molar-refractivity contribution is 5.79. The number of hydrogen-bond donors (Lipinski definition) is 2. The van der Waals surface area contributed by atoms with Gasteiger partial charge in [0, 0.05) is 38.2 Å². The van der Waals surface area contributed by atoms with Gasteiger partial charge in [0.1, 0.15) is 5.82 Å². The zero-order valence-electron chi connectivity index (χ0n) is 11.4. The van der Waals surface area contributed by atoms with Gasteiger partial charge in [-0.3, -0.25) is 14.9 Å². The predicted octanol–water partition coefficient (Wildman–Crippen LogP) is 0.0864. The van der Waals surface area contributed by atoms with E-state index in [2.05, 4.69) is 10.4 Å². The number of piperazine rings is 1. The maximum atomic E-state index is 11.7. The van der Waals surface area contributed by atoms with Crippen LogP contribution in [0.25, 0.3) is 0 Å². The van der Waals surface area contributed by atoms with Crippen molar-refractivity contribution in [1.82, 2.24) is 9.88 Å². The van der Waals surface area contributed by atoms with Crippen LogP contribution < -0.4 is 16.2 Å². The summed E-state index contributed by atoms with van der Waals surface area (Å²) in [7, 11) is 0. The number of carbonyl (C=O) groups is 1. The Balaban J connectivity index is 1.89. The van der Waals surface area contributed by atoms with Crippen LogP contribution in [0.1, 0.15) is 12.8 Å². The SMILES string of the molecule is NNc1ccc([N+](=O)[O-])c(N2CCN3C(=O)CCC3C2)n1. The molecular formula is C12H16N6O3. The van der Waals surface area contributed by atoms with Gasteiger partial charge in [0.15, 0.2) is 0 Å². The first-order valence-corrected chi connectivity index (χ1v) is 6.76. The molecule has 0 bridgehead atoms. The Kier molecular flexibility index (Phi) is 3.34. The highest BCUT2D eigenvalue weighted by Crippen LogP contribution is 2.31. The number of nitro groups is 1. The van der Waals surface area contributed by atoms with E-state index < -0.39 is 4.92 Å². The van der Waals surface area contributed by atoms with Crippen LogP contribution in [0.4, 0.5) is 17.3 Å². The Labute approximate surface area is 120 Å². The van der Waals surface area contributed by atoms with Crippen LogP contribution in [0.15, 0.2) is 12.1 Å². The summed E-state index contributed by atoms with van der Waals surface area (Å²) in [5.41, 5.74) is 2.35. The monoisotopic (exact) mass is 292 g/mol. The number of nitrogens with two attached hydrogens (primary N) is 1. The summed E-state index contributed by atoms with van der Waals surface area (Å²) in [5, 5.41) is 11.2. The first-order chi connectivity index (χ1) is 10.1. The molecular weight excluding hydrogens is 276 g/mol. The molecule has 21 heavy (non-hydrogen) atoms. The molecule has 9 nitrogen and oxygen atoms in total. The highest BCUT2D eigenvalue weighted by Gasteiger charge is 2.37. The van der Waals surface area contributed by atoms with Crippen LogP contribution in [-0.2, 0) is 4.79 Å². The standard InChI is InChI=1S/C12H16N6O3/c13-15-10-3-2-9(18(20)21)12(14-10)16-5-6-17-8(7-16)1-4-11(17)19/h2-3,8H,1,4-7,13H2,(H,14,15). The van der Waals surface area contributed by atoms with Crippen molar-refractivity contribution in [3.63, 3.8) is 0 Å². The van der Waals surface area contributed by atoms with Crippen molar-refractivity contribution >= 4 is 23.2 Å². The van der Waals surface area contributed by atoms with Gasteiger partial charge in [0.05, 0.1) is 4.92 Å². The Hall–Kier alpha value is -2.42. The van der Waals surface area contributed by atoms with Crippen LogP contribution in [0.3, 0.4) is 0 Å². The summed E-state index contributed by atoms with van der Waals surface area (Å²) in [6.45, 7) is 1.67. The van der Waals surface area contributed by atoms with Gasteiger partial charge in [0.25, 0.3) is 0 Å². The van der Waals surface area contributed by atoms with E-state index in [1.54, 1.807) is 0 Å². The zero-order valence-corrected chi connectivity index (χ0v) is 11.4. The van der Waals surface area contributed by atoms with Crippen molar-refractivity contribution in [2.45, 2.75) is 18.9 Å². The lowest BCUT2D eigenvalue weighted by Crippen LogP contribution is -2.51. The Morgan fingerprint density at radius 2 is 2.24 bits per heavy atom. The third-order valence-corrected chi connectivity index (χ3v) is 3.99. The van der Waals surface area contributed by atoms with E-state index in [4.69, 9.17) is 5.84 Å². The Bertz CT molecular complexity index is 592. The molecule has 1 aromatic rings. The maximum Gasteiger partial charge on any atom is 0.311 e. The van der Waals surface area contributed by atoms with Gasteiger partial charge in [-0.2, -0.15) is 0 Å². The molecule has 2 aliphatic rings. The van der Waals surface area contributed by atoms with Crippen LogP contribution in [0.5, 0.6) is 0 Å². The lowest BCUT2D eigenvalue weighted by atomic mass is 10.1. The number of amides is 1. The van der Waals surface area contributed by atoms with E-state index in [-0.39, 0.29) is 17.6 Å². The van der Waals surface area contributed by atoms with Crippen LogP contribution in [0, 0.1) is 10.1 Å². The topological polar surface area (TPSA) is 118 Å². The minimum Gasteiger partial charge on any atom is -0.347 e. The van der Waals surface area contributed by atoms with Crippen molar-refractivity contribution in [2.75, 3.05) is 30.0 Å². The number of anilines is 2. The van der Waals surface area contributed by atoms with Gasteiger partial charge in [-0.25, -0.2) is 10.8 Å². The Morgan fingerprint density at radius 1 is 1.43 bits per heavy atom. The molecule has 2 saturated heterocycles. The van der Waals surface area contributed by atoms with Gasteiger partial charge < -0.3 is 15.2 Å². The van der Waals surface area contributed by atoms with E-state index in [1.807, 2.05) is 9.80 Å². The van der Waals surface area contributed by atoms with Gasteiger partial charge in [-0.15, -0.1) is 0 Å². The molecule has 2 aliphatic heterocycles.